The first kappa shape index (κ1) is 15.0. The Kier molecular flexibility index (Phi) is 3.91. The van der Waals surface area contributed by atoms with Crippen molar-refractivity contribution in [3.63, 3.8) is 0 Å². The molecule has 4 nitrogen and oxygen atoms in total. The Morgan fingerprint density at radius 3 is 2.77 bits per heavy atom. The summed E-state index contributed by atoms with van der Waals surface area (Å²) in [4.78, 5) is 5.59. The fourth-order valence-electron chi connectivity index (χ4n) is 2.76. The van der Waals surface area contributed by atoms with Crippen molar-refractivity contribution in [2.45, 2.75) is 40.0 Å². The van der Waals surface area contributed by atoms with Gasteiger partial charge in [0.05, 0.1) is 18.5 Å². The molecule has 0 bridgehead atoms. The molecule has 1 unspecified atom stereocenters. The quantitative estimate of drug-likeness (QED) is 0.706. The lowest BCUT2D eigenvalue weighted by molar-refractivity contribution is 0.406. The Morgan fingerprint density at radius 2 is 2.09 bits per heavy atom. The van der Waals surface area contributed by atoms with Crippen molar-refractivity contribution in [1.82, 2.24) is 14.6 Å². The van der Waals surface area contributed by atoms with Crippen LogP contribution in [-0.2, 0) is 0 Å². The minimum absolute atomic E-state index is 0.454. The second kappa shape index (κ2) is 5.72. The first-order valence-corrected chi connectivity index (χ1v) is 8.37. The molecule has 116 valence electrons. The van der Waals surface area contributed by atoms with E-state index in [9.17, 15) is 0 Å². The van der Waals surface area contributed by atoms with E-state index in [4.69, 9.17) is 4.74 Å². The number of aromatic nitrogens is 3. The Labute approximate surface area is 134 Å². The Bertz CT molecular complexity index is 819. The van der Waals surface area contributed by atoms with Gasteiger partial charge >= 0.3 is 0 Å². The molecule has 0 amide bonds. The predicted octanol–water partition coefficient (Wildman–Crippen LogP) is 4.60. The molecule has 3 rings (SSSR count). The number of hydrogen-bond acceptors (Lipinski definition) is 4. The Hall–Kier alpha value is -1.88. The minimum atomic E-state index is 0.454. The van der Waals surface area contributed by atoms with Crippen LogP contribution in [0.25, 0.3) is 16.2 Å². The van der Waals surface area contributed by atoms with Gasteiger partial charge in [-0.3, -0.25) is 0 Å². The highest BCUT2D eigenvalue weighted by atomic mass is 32.1. The molecule has 0 aliphatic heterocycles. The van der Waals surface area contributed by atoms with Crippen LogP contribution in [-0.4, -0.2) is 21.7 Å². The van der Waals surface area contributed by atoms with Crippen LogP contribution in [0.4, 0.5) is 0 Å². The fraction of sp³-hybridized carbons (Fsp3) is 0.412. The smallest absolute Gasteiger partial charge is 0.212 e. The van der Waals surface area contributed by atoms with Crippen LogP contribution in [0.5, 0.6) is 5.75 Å². The molecular weight excluding hydrogens is 294 g/mol. The van der Waals surface area contributed by atoms with Gasteiger partial charge in [0.25, 0.3) is 0 Å². The lowest BCUT2D eigenvalue weighted by Gasteiger charge is -2.15. The highest BCUT2D eigenvalue weighted by Gasteiger charge is 2.17. The van der Waals surface area contributed by atoms with Crippen molar-refractivity contribution in [2.24, 2.45) is 0 Å². The minimum Gasteiger partial charge on any atom is -0.496 e. The summed E-state index contributed by atoms with van der Waals surface area (Å²) in [6.07, 6.45) is 1.08. The van der Waals surface area contributed by atoms with Crippen LogP contribution in [0.1, 0.15) is 42.5 Å². The van der Waals surface area contributed by atoms with E-state index in [1.165, 1.54) is 5.56 Å². The zero-order valence-electron chi connectivity index (χ0n) is 13.7. The van der Waals surface area contributed by atoms with E-state index < -0.39 is 0 Å². The highest BCUT2D eigenvalue weighted by molar-refractivity contribution is 7.16. The van der Waals surface area contributed by atoms with Crippen molar-refractivity contribution in [1.29, 1.82) is 0 Å². The van der Waals surface area contributed by atoms with Gasteiger partial charge in [-0.2, -0.15) is 5.10 Å². The zero-order chi connectivity index (χ0) is 15.9. The lowest BCUT2D eigenvalue weighted by atomic mass is 9.94. The summed E-state index contributed by atoms with van der Waals surface area (Å²) in [5, 5.41) is 5.62. The van der Waals surface area contributed by atoms with Gasteiger partial charge in [-0.05, 0) is 49.9 Å². The van der Waals surface area contributed by atoms with Crippen LogP contribution in [0.3, 0.4) is 0 Å². The average molecular weight is 315 g/mol. The molecule has 0 radical (unpaired) electrons. The van der Waals surface area contributed by atoms with Gasteiger partial charge in [0.2, 0.25) is 4.96 Å². The number of benzene rings is 1. The molecule has 0 spiro atoms. The molecule has 0 aliphatic rings. The number of hydrogen-bond donors (Lipinski definition) is 0. The molecule has 0 N–H and O–H groups in total. The Balaban J connectivity index is 2.20. The number of fused-ring (bicyclic) bond motifs is 1. The highest BCUT2D eigenvalue weighted by Crippen LogP contribution is 2.34. The topological polar surface area (TPSA) is 39.4 Å². The van der Waals surface area contributed by atoms with Gasteiger partial charge in [-0.25, -0.2) is 9.50 Å². The molecule has 0 saturated heterocycles. The molecule has 0 saturated carbocycles. The van der Waals surface area contributed by atoms with Crippen molar-refractivity contribution in [3.8, 4) is 17.0 Å². The monoisotopic (exact) mass is 315 g/mol. The van der Waals surface area contributed by atoms with Crippen LogP contribution < -0.4 is 4.74 Å². The summed E-state index contributed by atoms with van der Waals surface area (Å²) >= 11 is 1.62. The van der Waals surface area contributed by atoms with Crippen molar-refractivity contribution in [2.75, 3.05) is 7.11 Å². The van der Waals surface area contributed by atoms with Crippen molar-refractivity contribution < 1.29 is 4.74 Å². The largest absolute Gasteiger partial charge is 0.496 e. The van der Waals surface area contributed by atoms with Gasteiger partial charge in [0.1, 0.15) is 10.8 Å². The second-order valence-electron chi connectivity index (χ2n) is 5.63. The van der Waals surface area contributed by atoms with Crippen molar-refractivity contribution in [3.05, 3.63) is 34.5 Å². The zero-order valence-corrected chi connectivity index (χ0v) is 14.5. The van der Waals surface area contributed by atoms with E-state index in [-0.39, 0.29) is 0 Å². The molecule has 5 heteroatoms. The van der Waals surface area contributed by atoms with Gasteiger partial charge in [-0.1, -0.05) is 25.2 Å². The van der Waals surface area contributed by atoms with E-state index in [1.54, 1.807) is 18.4 Å². The van der Waals surface area contributed by atoms with Crippen LogP contribution >= 0.6 is 11.3 Å². The molecule has 3 aromatic rings. The molecular formula is C17H21N3OS. The maximum absolute atomic E-state index is 5.53. The van der Waals surface area contributed by atoms with E-state index in [1.807, 2.05) is 18.4 Å². The number of methoxy groups -OCH3 is 1. The molecule has 1 aromatic carbocycles. The third kappa shape index (κ3) is 2.39. The van der Waals surface area contributed by atoms with Crippen LogP contribution in [0.15, 0.2) is 18.2 Å². The summed E-state index contributed by atoms with van der Waals surface area (Å²) < 4.78 is 7.48. The van der Waals surface area contributed by atoms with Gasteiger partial charge < -0.3 is 4.74 Å². The average Bonchev–Trinajstić information content (AvgIpc) is 3.00. The van der Waals surface area contributed by atoms with Crippen LogP contribution in [0, 0.1) is 13.8 Å². The lowest BCUT2D eigenvalue weighted by Crippen LogP contribution is -1.98. The van der Waals surface area contributed by atoms with E-state index in [0.717, 1.165) is 39.1 Å². The van der Waals surface area contributed by atoms with Gasteiger partial charge in [-0.15, -0.1) is 0 Å². The predicted molar refractivity (Wildman–Crippen MR) is 91.0 cm³/mol. The molecule has 1 atom stereocenters. The Morgan fingerprint density at radius 1 is 1.32 bits per heavy atom. The van der Waals surface area contributed by atoms with Crippen molar-refractivity contribution >= 4 is 16.3 Å². The molecule has 22 heavy (non-hydrogen) atoms. The first-order chi connectivity index (χ1) is 10.5. The SMILES string of the molecule is CCC(C)c1cc(-c2c(C)nc3sc(C)nn23)ccc1OC. The molecule has 0 fully saturated rings. The summed E-state index contributed by atoms with van der Waals surface area (Å²) in [6, 6.07) is 6.36. The van der Waals surface area contributed by atoms with E-state index in [2.05, 4.69) is 42.1 Å². The number of nitrogens with zero attached hydrogens (tertiary/aromatic N) is 3. The normalized spacial score (nSPS) is 12.8. The third-order valence-corrected chi connectivity index (χ3v) is 4.95. The first-order valence-electron chi connectivity index (χ1n) is 7.56. The summed E-state index contributed by atoms with van der Waals surface area (Å²) in [7, 11) is 1.73. The summed E-state index contributed by atoms with van der Waals surface area (Å²) in [5.74, 6) is 1.40. The molecule has 2 heterocycles. The third-order valence-electron chi connectivity index (χ3n) is 4.13. The van der Waals surface area contributed by atoms with Gasteiger partial charge in [0, 0.05) is 5.56 Å². The molecule has 0 aliphatic carbocycles. The maximum Gasteiger partial charge on any atom is 0.212 e. The number of rotatable bonds is 4. The van der Waals surface area contributed by atoms with Gasteiger partial charge in [0.15, 0.2) is 0 Å². The maximum atomic E-state index is 5.53. The standard InChI is InChI=1S/C17H21N3OS/c1-6-10(2)14-9-13(7-8-15(14)21-5)16-11(3)18-17-20(16)19-12(4)22-17/h7-10H,6H2,1-5H3. The van der Waals surface area contributed by atoms with E-state index in [0.29, 0.717) is 5.92 Å². The fourth-order valence-corrected chi connectivity index (χ4v) is 3.55. The number of imidazole rings is 1. The van der Waals surface area contributed by atoms with Crippen LogP contribution in [0.2, 0.25) is 0 Å². The second-order valence-corrected chi connectivity index (χ2v) is 6.79. The summed E-state index contributed by atoms with van der Waals surface area (Å²) in [6.45, 7) is 8.48. The number of aryl methyl sites for hydroxylation is 2. The number of ether oxygens (including phenoxy) is 1. The van der Waals surface area contributed by atoms with E-state index >= 15 is 0 Å². The summed E-state index contributed by atoms with van der Waals surface area (Å²) in [5.41, 5.74) is 4.47. The molecule has 2 aromatic heterocycles.